The Morgan fingerprint density at radius 2 is 1.90 bits per heavy atom. The predicted molar refractivity (Wildman–Crippen MR) is 122 cm³/mol. The minimum atomic E-state index is -0.491. The molecular formula is C23H25ClN2O2S. The topological polar surface area (TPSA) is 51.2 Å². The Morgan fingerprint density at radius 1 is 1.14 bits per heavy atom. The van der Waals surface area contributed by atoms with Gasteiger partial charge in [-0.3, -0.25) is 10.3 Å². The molecule has 0 atom stereocenters. The number of carbonyl (C=O) groups is 1. The summed E-state index contributed by atoms with van der Waals surface area (Å²) in [5.74, 6) is 0. The van der Waals surface area contributed by atoms with Crippen LogP contribution in [0.5, 0.6) is 0 Å². The molecule has 0 saturated carbocycles. The Hall–Kier alpha value is -2.37. The number of rotatable bonds is 4. The average molecular weight is 429 g/mol. The molecule has 29 heavy (non-hydrogen) atoms. The summed E-state index contributed by atoms with van der Waals surface area (Å²) in [7, 11) is 0. The van der Waals surface area contributed by atoms with Crippen LogP contribution >= 0.6 is 22.9 Å². The normalized spacial score (nSPS) is 11.6. The number of carbonyl (C=O) groups excluding carboxylic acids is 1. The van der Waals surface area contributed by atoms with E-state index in [0.717, 1.165) is 27.3 Å². The molecule has 0 aliphatic heterocycles. The zero-order chi connectivity index (χ0) is 21.2. The summed E-state index contributed by atoms with van der Waals surface area (Å²) in [5, 5.41) is 5.39. The molecule has 152 valence electrons. The number of pyridine rings is 1. The maximum absolute atomic E-state index is 11.8. The predicted octanol–water partition coefficient (Wildman–Crippen LogP) is 7.38. The van der Waals surface area contributed by atoms with E-state index in [2.05, 4.69) is 48.6 Å². The van der Waals surface area contributed by atoms with Crippen molar-refractivity contribution in [2.75, 3.05) is 5.32 Å². The van der Waals surface area contributed by atoms with E-state index in [0.29, 0.717) is 10.7 Å². The number of hydrogen-bond donors (Lipinski definition) is 1. The fraction of sp³-hybridized carbons (Fsp3) is 0.304. The van der Waals surface area contributed by atoms with E-state index in [9.17, 15) is 4.79 Å². The first-order valence-electron chi connectivity index (χ1n) is 9.46. The van der Waals surface area contributed by atoms with Gasteiger partial charge in [-0.2, -0.15) is 0 Å². The molecule has 0 bridgehead atoms. The third-order valence-corrected chi connectivity index (χ3v) is 5.56. The lowest BCUT2D eigenvalue weighted by molar-refractivity contribution is 0.130. The fourth-order valence-electron chi connectivity index (χ4n) is 2.80. The third kappa shape index (κ3) is 5.37. The van der Waals surface area contributed by atoms with Crippen molar-refractivity contribution in [2.45, 2.75) is 46.1 Å². The van der Waals surface area contributed by atoms with Gasteiger partial charge in [0.05, 0.1) is 11.1 Å². The van der Waals surface area contributed by atoms with E-state index in [4.69, 9.17) is 16.3 Å². The van der Waals surface area contributed by atoms with Crippen LogP contribution in [0, 0.1) is 0 Å². The van der Waals surface area contributed by atoms with Gasteiger partial charge in [0.25, 0.3) is 0 Å². The van der Waals surface area contributed by atoms with Gasteiger partial charge in [0.2, 0.25) is 0 Å². The fourth-order valence-corrected chi connectivity index (χ4v) is 4.10. The lowest BCUT2D eigenvalue weighted by Crippen LogP contribution is -2.17. The minimum Gasteiger partial charge on any atom is -0.447 e. The molecule has 0 radical (unpaired) electrons. The van der Waals surface area contributed by atoms with Crippen molar-refractivity contribution >= 4 is 34.7 Å². The maximum atomic E-state index is 11.8. The van der Waals surface area contributed by atoms with Gasteiger partial charge in [-0.15, -0.1) is 11.3 Å². The van der Waals surface area contributed by atoms with Gasteiger partial charge in [0.15, 0.2) is 0 Å². The number of aromatic nitrogens is 1. The van der Waals surface area contributed by atoms with E-state index in [1.807, 2.05) is 24.4 Å². The van der Waals surface area contributed by atoms with Gasteiger partial charge in [0.1, 0.15) is 0 Å². The van der Waals surface area contributed by atoms with Crippen LogP contribution in [0.15, 0.2) is 48.0 Å². The molecule has 0 aliphatic carbocycles. The van der Waals surface area contributed by atoms with Gasteiger partial charge >= 0.3 is 6.09 Å². The molecular weight excluding hydrogens is 404 g/mol. The molecule has 1 N–H and O–H groups in total. The maximum Gasteiger partial charge on any atom is 0.411 e. The highest BCUT2D eigenvalue weighted by molar-refractivity contribution is 7.14. The zero-order valence-corrected chi connectivity index (χ0v) is 18.8. The Balaban J connectivity index is 1.83. The molecule has 4 nitrogen and oxygen atoms in total. The Kier molecular flexibility index (Phi) is 6.30. The second-order valence-corrected chi connectivity index (χ2v) is 9.47. The number of anilines is 1. The SMILES string of the molecule is CC(C)OC(=O)Nc1ccc(-c2cc(-c3ccnc(C(C)(C)C)c3)cs2)c(Cl)c1. The summed E-state index contributed by atoms with van der Waals surface area (Å²) < 4.78 is 5.10. The van der Waals surface area contributed by atoms with Crippen molar-refractivity contribution in [1.82, 2.24) is 4.98 Å². The molecule has 0 spiro atoms. The monoisotopic (exact) mass is 428 g/mol. The van der Waals surface area contributed by atoms with Crippen LogP contribution < -0.4 is 5.32 Å². The van der Waals surface area contributed by atoms with E-state index in [-0.39, 0.29) is 11.5 Å². The lowest BCUT2D eigenvalue weighted by Gasteiger charge is -2.18. The van der Waals surface area contributed by atoms with E-state index >= 15 is 0 Å². The van der Waals surface area contributed by atoms with E-state index in [1.165, 1.54) is 0 Å². The highest BCUT2D eigenvalue weighted by Crippen LogP contribution is 2.38. The van der Waals surface area contributed by atoms with Crippen LogP contribution in [-0.2, 0) is 10.2 Å². The highest BCUT2D eigenvalue weighted by atomic mass is 35.5. The number of benzene rings is 1. The number of thiophene rings is 1. The van der Waals surface area contributed by atoms with Crippen molar-refractivity contribution in [1.29, 1.82) is 0 Å². The summed E-state index contributed by atoms with van der Waals surface area (Å²) in [6.45, 7) is 10.1. The molecule has 1 aromatic carbocycles. The second-order valence-electron chi connectivity index (χ2n) is 8.15. The van der Waals surface area contributed by atoms with Crippen LogP contribution in [0.3, 0.4) is 0 Å². The van der Waals surface area contributed by atoms with Crippen molar-refractivity contribution in [3.8, 4) is 21.6 Å². The van der Waals surface area contributed by atoms with Gasteiger partial charge in [-0.25, -0.2) is 4.79 Å². The molecule has 0 aliphatic rings. The molecule has 6 heteroatoms. The quantitative estimate of drug-likeness (QED) is 0.471. The summed E-state index contributed by atoms with van der Waals surface area (Å²) in [6.07, 6.45) is 1.19. The molecule has 0 fully saturated rings. The average Bonchev–Trinajstić information content (AvgIpc) is 3.10. The molecule has 1 amide bonds. The smallest absolute Gasteiger partial charge is 0.411 e. The number of nitrogens with zero attached hydrogens (tertiary/aromatic N) is 1. The number of ether oxygens (including phenoxy) is 1. The van der Waals surface area contributed by atoms with Gasteiger partial charge < -0.3 is 4.74 Å². The second kappa shape index (κ2) is 8.56. The highest BCUT2D eigenvalue weighted by Gasteiger charge is 2.17. The molecule has 0 unspecified atom stereocenters. The van der Waals surface area contributed by atoms with Crippen LogP contribution in [0.1, 0.15) is 40.3 Å². The van der Waals surface area contributed by atoms with Crippen molar-refractivity contribution < 1.29 is 9.53 Å². The summed E-state index contributed by atoms with van der Waals surface area (Å²) in [5.41, 5.74) is 4.86. The summed E-state index contributed by atoms with van der Waals surface area (Å²) in [4.78, 5) is 17.3. The van der Waals surface area contributed by atoms with Gasteiger partial charge in [0, 0.05) is 33.4 Å². The minimum absolute atomic E-state index is 0.00226. The molecule has 0 saturated heterocycles. The Labute approximate surface area is 180 Å². The van der Waals surface area contributed by atoms with Crippen LogP contribution in [0.4, 0.5) is 10.5 Å². The van der Waals surface area contributed by atoms with Crippen LogP contribution in [0.25, 0.3) is 21.6 Å². The largest absolute Gasteiger partial charge is 0.447 e. The number of nitrogens with one attached hydrogen (secondary N) is 1. The molecule has 2 heterocycles. The van der Waals surface area contributed by atoms with Gasteiger partial charge in [-0.05, 0) is 66.8 Å². The molecule has 3 rings (SSSR count). The number of halogens is 1. The third-order valence-electron chi connectivity index (χ3n) is 4.28. The summed E-state index contributed by atoms with van der Waals surface area (Å²) in [6, 6.07) is 11.8. The first kappa shape index (κ1) is 21.3. The molecule has 3 aromatic rings. The lowest BCUT2D eigenvalue weighted by atomic mass is 9.90. The van der Waals surface area contributed by atoms with Crippen LogP contribution in [-0.4, -0.2) is 17.2 Å². The zero-order valence-electron chi connectivity index (χ0n) is 17.2. The Bertz CT molecular complexity index is 1020. The Morgan fingerprint density at radius 3 is 2.55 bits per heavy atom. The van der Waals surface area contributed by atoms with Gasteiger partial charge in [-0.1, -0.05) is 32.4 Å². The van der Waals surface area contributed by atoms with Crippen molar-refractivity contribution in [2.24, 2.45) is 0 Å². The number of hydrogen-bond acceptors (Lipinski definition) is 4. The first-order valence-corrected chi connectivity index (χ1v) is 10.7. The molecule has 2 aromatic heterocycles. The van der Waals surface area contributed by atoms with E-state index < -0.39 is 6.09 Å². The van der Waals surface area contributed by atoms with Crippen molar-refractivity contribution in [3.63, 3.8) is 0 Å². The van der Waals surface area contributed by atoms with E-state index in [1.54, 1.807) is 31.3 Å². The first-order chi connectivity index (χ1) is 13.6. The summed E-state index contributed by atoms with van der Waals surface area (Å²) >= 11 is 8.13. The standard InChI is InChI=1S/C23H25ClN2O2S/c1-14(2)28-22(27)26-17-6-7-18(19(24)12-17)20-10-16(13-29-20)15-8-9-25-21(11-15)23(3,4)5/h6-14H,1-5H3,(H,26,27). The van der Waals surface area contributed by atoms with Crippen molar-refractivity contribution in [3.05, 3.63) is 58.7 Å². The number of amides is 1. The van der Waals surface area contributed by atoms with Crippen LogP contribution in [0.2, 0.25) is 5.02 Å².